The molecule has 3 aromatic carbocycles. The third kappa shape index (κ3) is 5.64. The summed E-state index contributed by atoms with van der Waals surface area (Å²) in [6.45, 7) is 6.36. The molecule has 1 fully saturated rings. The number of thioether (sulfide) groups is 1. The third-order valence-corrected chi connectivity index (χ3v) is 8.67. The van der Waals surface area contributed by atoms with Crippen molar-refractivity contribution in [2.45, 2.75) is 18.4 Å². The van der Waals surface area contributed by atoms with Gasteiger partial charge in [-0.1, -0.05) is 23.9 Å². The van der Waals surface area contributed by atoms with Gasteiger partial charge in [-0.05, 0) is 66.6 Å². The number of anilines is 1. The van der Waals surface area contributed by atoms with E-state index in [9.17, 15) is 9.59 Å². The van der Waals surface area contributed by atoms with E-state index in [1.807, 2.05) is 66.4 Å². The second kappa shape index (κ2) is 12.0. The van der Waals surface area contributed by atoms with Gasteiger partial charge in [0.1, 0.15) is 0 Å². The van der Waals surface area contributed by atoms with Crippen molar-refractivity contribution in [2.75, 3.05) is 58.6 Å². The first kappa shape index (κ1) is 28.0. The lowest BCUT2D eigenvalue weighted by Gasteiger charge is -2.35. The maximum absolute atomic E-state index is 13.4. The van der Waals surface area contributed by atoms with Gasteiger partial charge in [0, 0.05) is 50.2 Å². The normalized spacial score (nSPS) is 17.4. The fourth-order valence-corrected chi connectivity index (χ4v) is 6.41. The number of piperazine rings is 1. The Morgan fingerprint density at radius 2 is 1.79 bits per heavy atom. The highest BCUT2D eigenvalue weighted by molar-refractivity contribution is 8.04. The summed E-state index contributed by atoms with van der Waals surface area (Å²) < 4.78 is 22.0. The summed E-state index contributed by atoms with van der Waals surface area (Å²) in [5.74, 6) is 2.71. The standard InChI is InChI=1S/C32H33N3O6S/c1-4-39-25-8-5-21(15-27(25)38-3)17-30-32(37)33(2)24-18-23(7-10-29(24)42-30)31(36)35-13-11-34(12-14-35)19-22-6-9-26-28(16-22)41-20-40-26/h5-10,15-18H,4,11-14,19-20H2,1-3H3. The van der Waals surface area contributed by atoms with Gasteiger partial charge >= 0.3 is 0 Å². The van der Waals surface area contributed by atoms with Crippen LogP contribution < -0.4 is 23.8 Å². The van der Waals surface area contributed by atoms with Crippen LogP contribution in [0.3, 0.4) is 0 Å². The summed E-state index contributed by atoms with van der Waals surface area (Å²) in [5, 5.41) is 0. The SMILES string of the molecule is CCOc1ccc(C=C2Sc3ccc(C(=O)N4CCN(Cc5ccc6c(c5)OCO6)CC4)cc3N(C)C2=O)cc1OC. The van der Waals surface area contributed by atoms with Crippen LogP contribution in [-0.4, -0.2) is 75.4 Å². The Kier molecular flexibility index (Phi) is 7.99. The van der Waals surface area contributed by atoms with E-state index in [2.05, 4.69) is 11.0 Å². The first-order chi connectivity index (χ1) is 20.4. The average molecular weight is 588 g/mol. The van der Waals surface area contributed by atoms with E-state index in [0.717, 1.165) is 52.8 Å². The molecule has 1 saturated heterocycles. The van der Waals surface area contributed by atoms with Crippen molar-refractivity contribution >= 4 is 35.3 Å². The number of nitrogens with zero attached hydrogens (tertiary/aromatic N) is 3. The van der Waals surface area contributed by atoms with Crippen molar-refractivity contribution in [2.24, 2.45) is 0 Å². The van der Waals surface area contributed by atoms with E-state index in [1.54, 1.807) is 19.1 Å². The minimum Gasteiger partial charge on any atom is -0.493 e. The van der Waals surface area contributed by atoms with Gasteiger partial charge in [-0.2, -0.15) is 0 Å². The Labute approximate surface area is 249 Å². The maximum Gasteiger partial charge on any atom is 0.264 e. The van der Waals surface area contributed by atoms with Gasteiger partial charge in [0.25, 0.3) is 11.8 Å². The molecule has 2 amide bonds. The van der Waals surface area contributed by atoms with Gasteiger partial charge in [0.15, 0.2) is 23.0 Å². The Morgan fingerprint density at radius 3 is 2.57 bits per heavy atom. The van der Waals surface area contributed by atoms with Crippen LogP contribution in [0, 0.1) is 0 Å². The van der Waals surface area contributed by atoms with Crippen LogP contribution in [0.2, 0.25) is 0 Å². The molecule has 0 aliphatic carbocycles. The molecule has 0 aromatic heterocycles. The number of rotatable bonds is 7. The highest BCUT2D eigenvalue weighted by atomic mass is 32.2. The molecule has 6 rings (SSSR count). The third-order valence-electron chi connectivity index (χ3n) is 7.59. The lowest BCUT2D eigenvalue weighted by molar-refractivity contribution is -0.114. The molecular weight excluding hydrogens is 554 g/mol. The number of carbonyl (C=O) groups is 2. The summed E-state index contributed by atoms with van der Waals surface area (Å²) in [6, 6.07) is 17.3. The molecule has 0 bridgehead atoms. The van der Waals surface area contributed by atoms with Crippen molar-refractivity contribution in [3.63, 3.8) is 0 Å². The largest absolute Gasteiger partial charge is 0.493 e. The van der Waals surface area contributed by atoms with Crippen LogP contribution in [0.5, 0.6) is 23.0 Å². The molecule has 3 aliphatic heterocycles. The van der Waals surface area contributed by atoms with Crippen LogP contribution in [0.1, 0.15) is 28.4 Å². The van der Waals surface area contributed by atoms with Gasteiger partial charge in [-0.3, -0.25) is 14.5 Å². The Balaban J connectivity index is 1.11. The molecule has 0 radical (unpaired) electrons. The number of hydrogen-bond donors (Lipinski definition) is 0. The van der Waals surface area contributed by atoms with Gasteiger partial charge in [0.2, 0.25) is 6.79 Å². The molecule has 9 nitrogen and oxygen atoms in total. The zero-order chi connectivity index (χ0) is 29.2. The van der Waals surface area contributed by atoms with E-state index < -0.39 is 0 Å². The van der Waals surface area contributed by atoms with Gasteiger partial charge in [-0.15, -0.1) is 0 Å². The quantitative estimate of drug-likeness (QED) is 0.362. The van der Waals surface area contributed by atoms with Crippen molar-refractivity contribution in [3.05, 3.63) is 76.2 Å². The molecule has 10 heteroatoms. The van der Waals surface area contributed by atoms with Crippen LogP contribution >= 0.6 is 11.8 Å². The number of likely N-dealkylation sites (N-methyl/N-ethyl adjacent to an activating group) is 1. The molecular formula is C32H33N3O6S. The molecule has 3 aromatic rings. The van der Waals surface area contributed by atoms with E-state index >= 15 is 0 Å². The van der Waals surface area contributed by atoms with Crippen molar-refractivity contribution in [1.29, 1.82) is 0 Å². The zero-order valence-corrected chi connectivity index (χ0v) is 24.7. The lowest BCUT2D eigenvalue weighted by Crippen LogP contribution is -2.48. The minimum absolute atomic E-state index is 0.0193. The molecule has 0 spiro atoms. The van der Waals surface area contributed by atoms with Crippen molar-refractivity contribution < 1.29 is 28.5 Å². The van der Waals surface area contributed by atoms with E-state index in [4.69, 9.17) is 18.9 Å². The highest BCUT2D eigenvalue weighted by Crippen LogP contribution is 2.42. The molecule has 3 aliphatic rings. The summed E-state index contributed by atoms with van der Waals surface area (Å²) in [4.78, 5) is 34.1. The Bertz CT molecular complexity index is 1550. The fourth-order valence-electron chi connectivity index (χ4n) is 5.32. The molecule has 42 heavy (non-hydrogen) atoms. The second-order valence-electron chi connectivity index (χ2n) is 10.3. The van der Waals surface area contributed by atoms with E-state index in [-0.39, 0.29) is 18.6 Å². The topological polar surface area (TPSA) is 80.8 Å². The van der Waals surface area contributed by atoms with Gasteiger partial charge in [0.05, 0.1) is 24.3 Å². The van der Waals surface area contributed by atoms with Gasteiger partial charge in [-0.25, -0.2) is 0 Å². The number of fused-ring (bicyclic) bond motifs is 2. The van der Waals surface area contributed by atoms with E-state index in [1.165, 1.54) is 11.8 Å². The molecule has 0 saturated carbocycles. The zero-order valence-electron chi connectivity index (χ0n) is 23.9. The van der Waals surface area contributed by atoms with Crippen LogP contribution in [0.4, 0.5) is 5.69 Å². The number of amides is 2. The Hall–Kier alpha value is -4.15. The molecule has 0 atom stereocenters. The summed E-state index contributed by atoms with van der Waals surface area (Å²) in [5.41, 5.74) is 3.32. The first-order valence-corrected chi connectivity index (χ1v) is 14.8. The van der Waals surface area contributed by atoms with Crippen molar-refractivity contribution in [3.8, 4) is 23.0 Å². The second-order valence-corrected chi connectivity index (χ2v) is 11.3. The minimum atomic E-state index is -0.123. The smallest absolute Gasteiger partial charge is 0.264 e. The summed E-state index contributed by atoms with van der Waals surface area (Å²) >= 11 is 1.41. The number of methoxy groups -OCH3 is 1. The number of benzene rings is 3. The monoisotopic (exact) mass is 587 g/mol. The molecule has 0 N–H and O–H groups in total. The number of carbonyl (C=O) groups excluding carboxylic acids is 2. The summed E-state index contributed by atoms with van der Waals surface area (Å²) in [6.07, 6.45) is 1.85. The molecule has 3 heterocycles. The Morgan fingerprint density at radius 1 is 0.976 bits per heavy atom. The molecule has 218 valence electrons. The van der Waals surface area contributed by atoms with Gasteiger partial charge < -0.3 is 28.7 Å². The highest BCUT2D eigenvalue weighted by Gasteiger charge is 2.29. The fraction of sp³-hybridized carbons (Fsp3) is 0.312. The predicted octanol–water partition coefficient (Wildman–Crippen LogP) is 4.89. The number of ether oxygens (including phenoxy) is 4. The van der Waals surface area contributed by atoms with E-state index in [0.29, 0.717) is 41.7 Å². The number of hydrogen-bond acceptors (Lipinski definition) is 8. The van der Waals surface area contributed by atoms with Crippen LogP contribution in [-0.2, 0) is 11.3 Å². The first-order valence-electron chi connectivity index (χ1n) is 14.0. The maximum atomic E-state index is 13.4. The van der Waals surface area contributed by atoms with Crippen LogP contribution in [0.15, 0.2) is 64.4 Å². The predicted molar refractivity (Wildman–Crippen MR) is 162 cm³/mol. The van der Waals surface area contributed by atoms with Crippen molar-refractivity contribution in [1.82, 2.24) is 9.80 Å². The molecule has 0 unspecified atom stereocenters. The average Bonchev–Trinajstić information content (AvgIpc) is 3.48. The lowest BCUT2D eigenvalue weighted by atomic mass is 10.1. The summed E-state index contributed by atoms with van der Waals surface area (Å²) in [7, 11) is 3.34. The van der Waals surface area contributed by atoms with Crippen LogP contribution in [0.25, 0.3) is 6.08 Å².